The highest BCUT2D eigenvalue weighted by molar-refractivity contribution is 6.58. The molecule has 1 aromatic carbocycles. The molecular formula is C14H19ClSi. The summed E-state index contributed by atoms with van der Waals surface area (Å²) in [6.45, 7) is 2.25. The Morgan fingerprint density at radius 3 is 2.56 bits per heavy atom. The molecule has 16 heavy (non-hydrogen) atoms. The molecule has 0 aliphatic rings. The maximum atomic E-state index is 5.83. The second-order valence-corrected chi connectivity index (χ2v) is 5.54. The zero-order chi connectivity index (χ0) is 11.6. The van der Waals surface area contributed by atoms with Gasteiger partial charge in [-0.15, -0.1) is 0 Å². The van der Waals surface area contributed by atoms with E-state index in [1.807, 2.05) is 12.1 Å². The van der Waals surface area contributed by atoms with Crippen molar-refractivity contribution in [3.8, 4) is 0 Å². The molecule has 0 aliphatic carbocycles. The van der Waals surface area contributed by atoms with E-state index in [1.165, 1.54) is 37.3 Å². The van der Waals surface area contributed by atoms with Crippen molar-refractivity contribution in [2.24, 2.45) is 0 Å². The zero-order valence-corrected chi connectivity index (χ0v) is 11.6. The Morgan fingerprint density at radius 2 is 1.88 bits per heavy atom. The molecule has 0 aromatic heterocycles. The third-order valence-corrected chi connectivity index (χ3v) is 3.76. The highest BCUT2D eigenvalue weighted by Gasteiger charge is 1.91. The normalized spacial score (nSPS) is 11.1. The Morgan fingerprint density at radius 1 is 1.12 bits per heavy atom. The monoisotopic (exact) mass is 250 g/mol. The number of halogens is 1. The van der Waals surface area contributed by atoms with Gasteiger partial charge in [-0.05, 0) is 25.0 Å². The minimum atomic E-state index is 0.774. The van der Waals surface area contributed by atoms with Gasteiger partial charge in [0.25, 0.3) is 0 Å². The van der Waals surface area contributed by atoms with Gasteiger partial charge in [0.05, 0.1) is 0 Å². The fourth-order valence-electron chi connectivity index (χ4n) is 1.47. The lowest BCUT2D eigenvalue weighted by molar-refractivity contribution is 0.674. The van der Waals surface area contributed by atoms with Crippen molar-refractivity contribution in [3.63, 3.8) is 0 Å². The molecule has 0 saturated heterocycles. The third kappa shape index (κ3) is 6.14. The van der Waals surface area contributed by atoms with Crippen LogP contribution >= 0.6 is 11.6 Å². The van der Waals surface area contributed by atoms with Crippen LogP contribution in [0.3, 0.4) is 0 Å². The van der Waals surface area contributed by atoms with Gasteiger partial charge in [0.2, 0.25) is 0 Å². The van der Waals surface area contributed by atoms with Gasteiger partial charge in [-0.3, -0.25) is 0 Å². The maximum Gasteiger partial charge on any atom is 0.111 e. The van der Waals surface area contributed by atoms with Gasteiger partial charge >= 0.3 is 0 Å². The van der Waals surface area contributed by atoms with Crippen LogP contribution < -0.4 is 5.19 Å². The lowest BCUT2D eigenvalue weighted by Gasteiger charge is -1.96. The SMILES string of the molecule is CCCCCC/C=C/[Si]c1ccc(Cl)cc1. The number of hydrogen-bond acceptors (Lipinski definition) is 0. The lowest BCUT2D eigenvalue weighted by atomic mass is 10.2. The fraction of sp³-hybridized carbons (Fsp3) is 0.429. The quantitative estimate of drug-likeness (QED) is 0.504. The summed E-state index contributed by atoms with van der Waals surface area (Å²) in [5.41, 5.74) is 2.29. The summed E-state index contributed by atoms with van der Waals surface area (Å²) in [6, 6.07) is 8.11. The second-order valence-electron chi connectivity index (χ2n) is 3.90. The van der Waals surface area contributed by atoms with Crippen molar-refractivity contribution in [2.45, 2.75) is 39.0 Å². The van der Waals surface area contributed by atoms with Crippen LogP contribution in [-0.4, -0.2) is 9.52 Å². The molecule has 0 spiro atoms. The molecule has 0 bridgehead atoms. The molecule has 0 fully saturated rings. The van der Waals surface area contributed by atoms with E-state index in [1.54, 1.807) is 0 Å². The first-order chi connectivity index (χ1) is 7.83. The summed E-state index contributed by atoms with van der Waals surface area (Å²) in [5.74, 6) is 0. The van der Waals surface area contributed by atoms with Gasteiger partial charge in [0, 0.05) is 5.02 Å². The van der Waals surface area contributed by atoms with E-state index in [0.29, 0.717) is 0 Å². The van der Waals surface area contributed by atoms with E-state index >= 15 is 0 Å². The summed E-state index contributed by atoms with van der Waals surface area (Å²) >= 11 is 5.83. The molecule has 0 N–H and O–H groups in total. The van der Waals surface area contributed by atoms with E-state index in [4.69, 9.17) is 11.6 Å². The van der Waals surface area contributed by atoms with E-state index in [2.05, 4.69) is 30.8 Å². The Kier molecular flexibility index (Phi) is 7.27. The maximum absolute atomic E-state index is 5.83. The molecule has 0 nitrogen and oxygen atoms in total. The minimum absolute atomic E-state index is 0.774. The fourth-order valence-corrected chi connectivity index (χ4v) is 2.44. The van der Waals surface area contributed by atoms with Crippen LogP contribution in [0.15, 0.2) is 36.0 Å². The van der Waals surface area contributed by atoms with Crippen LogP contribution in [0.5, 0.6) is 0 Å². The largest absolute Gasteiger partial charge is 0.111 e. The summed E-state index contributed by atoms with van der Waals surface area (Å²) in [7, 11) is 0.774. The van der Waals surface area contributed by atoms with Gasteiger partial charge in [0.1, 0.15) is 9.52 Å². The summed E-state index contributed by atoms with van der Waals surface area (Å²) in [4.78, 5) is 0. The Labute approximate surface area is 107 Å². The molecule has 0 saturated carbocycles. The van der Waals surface area contributed by atoms with Crippen molar-refractivity contribution in [1.82, 2.24) is 0 Å². The molecule has 0 atom stereocenters. The number of unbranched alkanes of at least 4 members (excludes halogenated alkanes) is 4. The Hall–Kier alpha value is -0.533. The van der Waals surface area contributed by atoms with Gasteiger partial charge in [-0.25, -0.2) is 0 Å². The molecular weight excluding hydrogens is 232 g/mol. The number of rotatable bonds is 7. The highest BCUT2D eigenvalue weighted by Crippen LogP contribution is 2.04. The van der Waals surface area contributed by atoms with Crippen LogP contribution in [0.2, 0.25) is 5.02 Å². The minimum Gasteiger partial charge on any atom is -0.0973 e. The van der Waals surface area contributed by atoms with Crippen molar-refractivity contribution >= 4 is 26.3 Å². The molecule has 2 heteroatoms. The first kappa shape index (κ1) is 13.5. The molecule has 0 aliphatic heterocycles. The second kappa shape index (κ2) is 8.60. The summed E-state index contributed by atoms with van der Waals surface area (Å²) < 4.78 is 0. The van der Waals surface area contributed by atoms with E-state index in [0.717, 1.165) is 14.5 Å². The molecule has 0 heterocycles. The van der Waals surface area contributed by atoms with Crippen LogP contribution in [-0.2, 0) is 0 Å². The van der Waals surface area contributed by atoms with E-state index in [-0.39, 0.29) is 0 Å². The Balaban J connectivity index is 2.14. The van der Waals surface area contributed by atoms with Gasteiger partial charge in [-0.1, -0.05) is 66.9 Å². The van der Waals surface area contributed by atoms with Crippen molar-refractivity contribution < 1.29 is 0 Å². The van der Waals surface area contributed by atoms with Crippen molar-refractivity contribution in [1.29, 1.82) is 0 Å². The lowest BCUT2D eigenvalue weighted by Crippen LogP contribution is -2.10. The first-order valence-electron chi connectivity index (χ1n) is 6.00. The van der Waals surface area contributed by atoms with Gasteiger partial charge < -0.3 is 0 Å². The predicted octanol–water partition coefficient (Wildman–Crippen LogP) is 4.15. The van der Waals surface area contributed by atoms with Crippen LogP contribution in [0.4, 0.5) is 0 Å². The highest BCUT2D eigenvalue weighted by atomic mass is 35.5. The summed E-state index contributed by atoms with van der Waals surface area (Å²) in [5, 5.41) is 2.17. The number of benzene rings is 1. The smallest absolute Gasteiger partial charge is 0.0973 e. The molecule has 0 unspecified atom stereocenters. The van der Waals surface area contributed by atoms with Crippen LogP contribution in [0.25, 0.3) is 0 Å². The topological polar surface area (TPSA) is 0 Å². The van der Waals surface area contributed by atoms with Gasteiger partial charge in [-0.2, -0.15) is 0 Å². The Bertz CT molecular complexity index is 303. The predicted molar refractivity (Wildman–Crippen MR) is 74.7 cm³/mol. The molecule has 1 rings (SSSR count). The van der Waals surface area contributed by atoms with Crippen molar-refractivity contribution in [3.05, 3.63) is 41.1 Å². The number of hydrogen-bond donors (Lipinski definition) is 0. The summed E-state index contributed by atoms with van der Waals surface area (Å²) in [6.07, 6.45) is 8.91. The average Bonchev–Trinajstić information content (AvgIpc) is 2.30. The standard InChI is InChI=1S/C14H19ClSi/c1-2-3-4-5-6-7-12-16-14-10-8-13(15)9-11-14/h7-12H,2-6H2,1H3/b12-7+. The first-order valence-corrected chi connectivity index (χ1v) is 7.45. The zero-order valence-electron chi connectivity index (χ0n) is 9.88. The molecule has 2 radical (unpaired) electrons. The molecule has 86 valence electrons. The van der Waals surface area contributed by atoms with E-state index < -0.39 is 0 Å². The van der Waals surface area contributed by atoms with Gasteiger partial charge in [0.15, 0.2) is 0 Å². The average molecular weight is 251 g/mol. The van der Waals surface area contributed by atoms with Crippen LogP contribution in [0.1, 0.15) is 39.0 Å². The molecule has 0 amide bonds. The molecule has 1 aromatic rings. The van der Waals surface area contributed by atoms with E-state index in [9.17, 15) is 0 Å². The van der Waals surface area contributed by atoms with Crippen LogP contribution in [0, 0.1) is 0 Å². The number of allylic oxidation sites excluding steroid dienone is 1. The third-order valence-electron chi connectivity index (χ3n) is 2.44. The van der Waals surface area contributed by atoms with Crippen molar-refractivity contribution in [2.75, 3.05) is 0 Å².